The fourth-order valence-electron chi connectivity index (χ4n) is 3.69. The van der Waals surface area contributed by atoms with Crippen LogP contribution in [0.5, 0.6) is 0 Å². The fourth-order valence-corrected chi connectivity index (χ4v) is 4.22. The first-order valence-electron chi connectivity index (χ1n) is 9.63. The molecular weight excluding hydrogens is 475 g/mol. The number of aromatic nitrogens is 1. The van der Waals surface area contributed by atoms with Crippen LogP contribution >= 0.6 is 22.6 Å². The van der Waals surface area contributed by atoms with Gasteiger partial charge in [-0.1, -0.05) is 6.07 Å². The SMILES string of the molecule is N#Cc1ccc(N2CCCN(C(=O)c3cccn3-c3cccc(I)c3)CC2)cc1. The molecule has 0 aliphatic carbocycles. The maximum atomic E-state index is 13.3. The van der Waals surface area contributed by atoms with Gasteiger partial charge in [0.05, 0.1) is 11.6 Å². The Hall–Kier alpha value is -2.79. The standard InChI is InChI=1S/C23H21IN4O/c24-19-4-1-5-21(16-19)28-13-2-6-22(28)23(29)27-12-3-11-26(14-15-27)20-9-7-18(17-25)8-10-20/h1-2,4-10,13,16H,3,11-12,14-15H2. The monoisotopic (exact) mass is 496 g/mol. The summed E-state index contributed by atoms with van der Waals surface area (Å²) in [5.41, 5.74) is 3.45. The molecule has 6 heteroatoms. The zero-order valence-electron chi connectivity index (χ0n) is 16.0. The molecule has 29 heavy (non-hydrogen) atoms. The lowest BCUT2D eigenvalue weighted by Gasteiger charge is -2.24. The molecule has 1 aliphatic rings. The Kier molecular flexibility index (Phi) is 5.86. The minimum Gasteiger partial charge on any atom is -0.370 e. The van der Waals surface area contributed by atoms with Crippen molar-refractivity contribution in [2.45, 2.75) is 6.42 Å². The minimum absolute atomic E-state index is 0.0653. The van der Waals surface area contributed by atoms with E-state index in [-0.39, 0.29) is 5.91 Å². The van der Waals surface area contributed by atoms with Crippen LogP contribution in [0, 0.1) is 14.9 Å². The first-order valence-corrected chi connectivity index (χ1v) is 10.7. The van der Waals surface area contributed by atoms with Gasteiger partial charge in [0.2, 0.25) is 0 Å². The van der Waals surface area contributed by atoms with Crippen molar-refractivity contribution in [1.29, 1.82) is 5.26 Å². The van der Waals surface area contributed by atoms with Crippen molar-refractivity contribution in [3.8, 4) is 11.8 Å². The molecule has 2 aromatic carbocycles. The van der Waals surface area contributed by atoms with Gasteiger partial charge in [-0.05, 0) is 83.6 Å². The molecule has 0 unspecified atom stereocenters. The van der Waals surface area contributed by atoms with E-state index in [0.717, 1.165) is 41.0 Å². The van der Waals surface area contributed by atoms with Crippen LogP contribution in [0.4, 0.5) is 5.69 Å². The van der Waals surface area contributed by atoms with Gasteiger partial charge in [0.15, 0.2) is 0 Å². The molecule has 1 saturated heterocycles. The van der Waals surface area contributed by atoms with Crippen LogP contribution in [-0.4, -0.2) is 41.6 Å². The first-order chi connectivity index (χ1) is 14.2. The van der Waals surface area contributed by atoms with Crippen molar-refractivity contribution in [3.63, 3.8) is 0 Å². The minimum atomic E-state index is 0.0653. The van der Waals surface area contributed by atoms with E-state index in [1.165, 1.54) is 0 Å². The number of anilines is 1. The van der Waals surface area contributed by atoms with Gasteiger partial charge in [0, 0.05) is 47.3 Å². The van der Waals surface area contributed by atoms with Crippen LogP contribution in [0.15, 0.2) is 66.9 Å². The zero-order chi connectivity index (χ0) is 20.2. The van der Waals surface area contributed by atoms with E-state index in [4.69, 9.17) is 5.26 Å². The lowest BCUT2D eigenvalue weighted by molar-refractivity contribution is 0.0759. The van der Waals surface area contributed by atoms with Gasteiger partial charge in [-0.2, -0.15) is 5.26 Å². The molecule has 0 atom stereocenters. The normalized spacial score (nSPS) is 14.3. The number of halogens is 1. The summed E-state index contributed by atoms with van der Waals surface area (Å²) in [6.45, 7) is 3.09. The van der Waals surface area contributed by atoms with Crippen LogP contribution in [0.3, 0.4) is 0 Å². The fraction of sp³-hybridized carbons (Fsp3) is 0.217. The van der Waals surface area contributed by atoms with Crippen LogP contribution in [-0.2, 0) is 0 Å². The summed E-state index contributed by atoms with van der Waals surface area (Å²) >= 11 is 2.29. The molecule has 0 bridgehead atoms. The first kappa shape index (κ1) is 19.5. The maximum absolute atomic E-state index is 13.3. The number of rotatable bonds is 3. The van der Waals surface area contributed by atoms with E-state index in [0.29, 0.717) is 17.8 Å². The van der Waals surface area contributed by atoms with Gasteiger partial charge in [0.1, 0.15) is 5.69 Å². The molecule has 4 rings (SSSR count). The second-order valence-electron chi connectivity index (χ2n) is 7.03. The van der Waals surface area contributed by atoms with Gasteiger partial charge in [-0.25, -0.2) is 0 Å². The summed E-state index contributed by atoms with van der Waals surface area (Å²) in [6.07, 6.45) is 2.86. The number of nitriles is 1. The Labute approximate surface area is 184 Å². The smallest absolute Gasteiger partial charge is 0.270 e. The van der Waals surface area contributed by atoms with Gasteiger partial charge >= 0.3 is 0 Å². The molecule has 1 amide bonds. The van der Waals surface area contributed by atoms with Gasteiger partial charge in [-0.15, -0.1) is 0 Å². The predicted octanol–water partition coefficient (Wildman–Crippen LogP) is 4.31. The molecule has 1 aliphatic heterocycles. The largest absolute Gasteiger partial charge is 0.370 e. The average Bonchev–Trinajstić information content (AvgIpc) is 3.11. The summed E-state index contributed by atoms with van der Waals surface area (Å²) in [5.74, 6) is 0.0653. The highest BCUT2D eigenvalue weighted by Crippen LogP contribution is 2.20. The molecule has 0 spiro atoms. The zero-order valence-corrected chi connectivity index (χ0v) is 18.1. The van der Waals surface area contributed by atoms with E-state index >= 15 is 0 Å². The second-order valence-corrected chi connectivity index (χ2v) is 8.28. The Morgan fingerprint density at radius 2 is 1.76 bits per heavy atom. The quantitative estimate of drug-likeness (QED) is 0.508. The van der Waals surface area contributed by atoms with E-state index in [9.17, 15) is 4.79 Å². The highest BCUT2D eigenvalue weighted by molar-refractivity contribution is 14.1. The summed E-state index contributed by atoms with van der Waals surface area (Å²) in [5, 5.41) is 8.98. The van der Waals surface area contributed by atoms with Crippen molar-refractivity contribution < 1.29 is 4.79 Å². The number of benzene rings is 2. The molecule has 0 saturated carbocycles. The van der Waals surface area contributed by atoms with E-state index in [1.54, 1.807) is 0 Å². The summed E-state index contributed by atoms with van der Waals surface area (Å²) < 4.78 is 3.10. The number of hydrogen-bond donors (Lipinski definition) is 0. The number of carbonyl (C=O) groups excluding carboxylic acids is 1. The lowest BCUT2D eigenvalue weighted by atomic mass is 10.2. The summed E-state index contributed by atoms with van der Waals surface area (Å²) in [6, 6.07) is 21.8. The highest BCUT2D eigenvalue weighted by Gasteiger charge is 2.23. The van der Waals surface area contributed by atoms with E-state index in [1.807, 2.05) is 70.3 Å². The van der Waals surface area contributed by atoms with Crippen LogP contribution in [0.1, 0.15) is 22.5 Å². The number of hydrogen-bond acceptors (Lipinski definition) is 3. The molecule has 0 N–H and O–H groups in total. The highest BCUT2D eigenvalue weighted by atomic mass is 127. The van der Waals surface area contributed by atoms with Gasteiger partial charge < -0.3 is 14.4 Å². The van der Waals surface area contributed by atoms with Crippen molar-refractivity contribution in [2.24, 2.45) is 0 Å². The van der Waals surface area contributed by atoms with E-state index < -0.39 is 0 Å². The number of carbonyl (C=O) groups is 1. The van der Waals surface area contributed by atoms with Crippen LogP contribution in [0.25, 0.3) is 5.69 Å². The third kappa shape index (κ3) is 4.30. The Balaban J connectivity index is 1.49. The molecule has 2 heterocycles. The van der Waals surface area contributed by atoms with Crippen LogP contribution < -0.4 is 4.90 Å². The molecule has 3 aromatic rings. The molecular formula is C23H21IN4O. The number of nitrogens with zero attached hydrogens (tertiary/aromatic N) is 4. The average molecular weight is 496 g/mol. The van der Waals surface area contributed by atoms with Crippen molar-refractivity contribution in [3.05, 3.63) is 81.7 Å². The molecule has 0 radical (unpaired) electrons. The van der Waals surface area contributed by atoms with Crippen LogP contribution in [0.2, 0.25) is 0 Å². The van der Waals surface area contributed by atoms with E-state index in [2.05, 4.69) is 39.6 Å². The number of amides is 1. The third-order valence-corrected chi connectivity index (χ3v) is 5.87. The summed E-state index contributed by atoms with van der Waals surface area (Å²) in [4.78, 5) is 17.5. The van der Waals surface area contributed by atoms with Crippen molar-refractivity contribution in [2.75, 3.05) is 31.1 Å². The van der Waals surface area contributed by atoms with Gasteiger partial charge in [-0.3, -0.25) is 4.79 Å². The Bertz CT molecular complexity index is 1050. The molecule has 1 aromatic heterocycles. The topological polar surface area (TPSA) is 52.3 Å². The third-order valence-electron chi connectivity index (χ3n) is 5.20. The lowest BCUT2D eigenvalue weighted by Crippen LogP contribution is -2.36. The Morgan fingerprint density at radius 3 is 2.52 bits per heavy atom. The Morgan fingerprint density at radius 1 is 0.931 bits per heavy atom. The molecule has 146 valence electrons. The van der Waals surface area contributed by atoms with Gasteiger partial charge in [0.25, 0.3) is 5.91 Å². The molecule has 1 fully saturated rings. The predicted molar refractivity (Wildman–Crippen MR) is 122 cm³/mol. The summed E-state index contributed by atoms with van der Waals surface area (Å²) in [7, 11) is 0. The van der Waals surface area contributed by atoms with Crippen molar-refractivity contribution >= 4 is 34.2 Å². The van der Waals surface area contributed by atoms with Crippen molar-refractivity contribution in [1.82, 2.24) is 9.47 Å². The second kappa shape index (κ2) is 8.70. The molecule has 5 nitrogen and oxygen atoms in total. The maximum Gasteiger partial charge on any atom is 0.270 e.